The summed E-state index contributed by atoms with van der Waals surface area (Å²) < 4.78 is 28.0. The Kier molecular flexibility index (Phi) is 6.13. The predicted molar refractivity (Wildman–Crippen MR) is 133 cm³/mol. The average molecular weight is 468 g/mol. The highest BCUT2D eigenvalue weighted by atomic mass is 32.2. The van der Waals surface area contributed by atoms with Crippen molar-refractivity contribution in [2.24, 2.45) is 0 Å². The van der Waals surface area contributed by atoms with E-state index >= 15 is 0 Å². The Balaban J connectivity index is 1.54. The molecule has 1 aliphatic heterocycles. The third-order valence-corrected chi connectivity index (χ3v) is 8.07. The van der Waals surface area contributed by atoms with Crippen molar-refractivity contribution in [2.75, 3.05) is 50.9 Å². The molecule has 0 radical (unpaired) electrons. The van der Waals surface area contributed by atoms with Crippen molar-refractivity contribution >= 4 is 33.3 Å². The van der Waals surface area contributed by atoms with Gasteiger partial charge in [-0.05, 0) is 38.1 Å². The fourth-order valence-electron chi connectivity index (χ4n) is 3.91. The summed E-state index contributed by atoms with van der Waals surface area (Å²) in [5.41, 5.74) is 9.46. The molecule has 2 aromatic carbocycles. The van der Waals surface area contributed by atoms with Gasteiger partial charge in [-0.3, -0.25) is 0 Å². The van der Waals surface area contributed by atoms with Gasteiger partial charge in [0.25, 0.3) is 0 Å². The molecule has 2 N–H and O–H groups in total. The average Bonchev–Trinajstić information content (AvgIpc) is 2.79. The first-order valence-corrected chi connectivity index (χ1v) is 12.4. The van der Waals surface area contributed by atoms with Crippen LogP contribution in [0.25, 0.3) is 0 Å². The number of hydrogen-bond donors (Lipinski definition) is 1. The highest BCUT2D eigenvalue weighted by Gasteiger charge is 2.31. The summed E-state index contributed by atoms with van der Waals surface area (Å²) in [4.78, 5) is 11.6. The molecule has 9 heteroatoms. The molecule has 1 saturated heterocycles. The third kappa shape index (κ3) is 4.71. The van der Waals surface area contributed by atoms with Crippen LogP contribution < -0.4 is 15.1 Å². The Morgan fingerprint density at radius 2 is 1.39 bits per heavy atom. The molecule has 0 amide bonds. The van der Waals surface area contributed by atoms with E-state index in [1.165, 1.54) is 9.87 Å². The molecule has 0 spiro atoms. The Morgan fingerprint density at radius 1 is 0.848 bits per heavy atom. The van der Waals surface area contributed by atoms with E-state index in [1.54, 1.807) is 18.2 Å². The van der Waals surface area contributed by atoms with Gasteiger partial charge in [0, 0.05) is 26.2 Å². The topological polar surface area (TPSA) is 92.4 Å². The van der Waals surface area contributed by atoms with Gasteiger partial charge in [0.15, 0.2) is 0 Å². The van der Waals surface area contributed by atoms with Gasteiger partial charge < -0.3 is 10.6 Å². The summed E-state index contributed by atoms with van der Waals surface area (Å²) in [7, 11) is 0.590. The molecule has 8 nitrogen and oxygen atoms in total. The number of anilines is 2. The molecule has 33 heavy (non-hydrogen) atoms. The molecule has 0 bridgehead atoms. The van der Waals surface area contributed by atoms with E-state index in [4.69, 9.17) is 10.7 Å². The van der Waals surface area contributed by atoms with Crippen LogP contribution in [0.1, 0.15) is 11.1 Å². The Labute approximate surface area is 195 Å². The van der Waals surface area contributed by atoms with Crippen molar-refractivity contribution < 1.29 is 8.42 Å². The smallest absolute Gasteiger partial charge is 0.243 e. The van der Waals surface area contributed by atoms with Gasteiger partial charge in [-0.15, -0.1) is 0 Å². The Hall–Kier alpha value is -3.01. The monoisotopic (exact) mass is 467 g/mol. The standard InChI is InChI=1S/C24H31N6O2S/c1-18-5-9-20(10-6-18)30(3,4)23-17-22(25)26-24(27-23)28-13-15-29(16-14-28)33(31,32)21-11-7-19(2)8-12-21/h5-12,17H,13-16H2,1-4H3,(H2,25,26,27)/q+1. The number of hydrogen-bond acceptors (Lipinski definition) is 6. The normalized spacial score (nSPS) is 15.6. The molecule has 1 aromatic heterocycles. The number of aryl methyl sites for hydroxylation is 2. The number of nitrogen functional groups attached to an aromatic ring is 1. The summed E-state index contributed by atoms with van der Waals surface area (Å²) in [5.74, 6) is 1.69. The number of nitrogens with two attached hydrogens (primary N) is 1. The van der Waals surface area contributed by atoms with Gasteiger partial charge in [0.1, 0.15) is 11.5 Å². The second kappa shape index (κ2) is 8.74. The van der Waals surface area contributed by atoms with Crippen LogP contribution in [0.5, 0.6) is 0 Å². The van der Waals surface area contributed by atoms with E-state index < -0.39 is 10.0 Å². The number of nitrogens with zero attached hydrogens (tertiary/aromatic N) is 5. The number of piperazine rings is 1. The predicted octanol–water partition coefficient (Wildman–Crippen LogP) is 3.09. The summed E-state index contributed by atoms with van der Waals surface area (Å²) in [6, 6.07) is 17.1. The van der Waals surface area contributed by atoms with Crippen LogP contribution in [0.4, 0.5) is 23.3 Å². The second-order valence-corrected chi connectivity index (χ2v) is 10.9. The fraction of sp³-hybridized carbons (Fsp3) is 0.333. The van der Waals surface area contributed by atoms with Crippen LogP contribution in [0, 0.1) is 13.8 Å². The first-order valence-electron chi connectivity index (χ1n) is 11.0. The molecule has 1 aliphatic rings. The molecular weight excluding hydrogens is 436 g/mol. The van der Waals surface area contributed by atoms with Gasteiger partial charge in [0.05, 0.1) is 25.1 Å². The van der Waals surface area contributed by atoms with Crippen molar-refractivity contribution in [1.29, 1.82) is 0 Å². The van der Waals surface area contributed by atoms with Crippen molar-refractivity contribution in [3.63, 3.8) is 0 Å². The summed E-state index contributed by atoms with van der Waals surface area (Å²) in [6.07, 6.45) is 0. The zero-order valence-electron chi connectivity index (χ0n) is 19.6. The number of sulfonamides is 1. The molecule has 174 valence electrons. The van der Waals surface area contributed by atoms with Gasteiger partial charge in [-0.2, -0.15) is 14.3 Å². The molecule has 3 aromatic rings. The number of aromatic nitrogens is 2. The first-order chi connectivity index (χ1) is 15.6. The van der Waals surface area contributed by atoms with E-state index in [9.17, 15) is 8.42 Å². The zero-order valence-corrected chi connectivity index (χ0v) is 20.4. The molecule has 0 aliphatic carbocycles. The summed E-state index contributed by atoms with van der Waals surface area (Å²) >= 11 is 0. The first kappa shape index (κ1) is 23.2. The molecule has 0 saturated carbocycles. The van der Waals surface area contributed by atoms with E-state index in [-0.39, 0.29) is 0 Å². The van der Waals surface area contributed by atoms with Gasteiger partial charge in [-0.25, -0.2) is 12.9 Å². The van der Waals surface area contributed by atoms with Crippen molar-refractivity contribution in [2.45, 2.75) is 18.7 Å². The fourth-order valence-corrected chi connectivity index (χ4v) is 5.33. The zero-order chi connectivity index (χ0) is 23.8. The lowest BCUT2D eigenvalue weighted by Crippen LogP contribution is -2.49. The van der Waals surface area contributed by atoms with Crippen LogP contribution >= 0.6 is 0 Å². The van der Waals surface area contributed by atoms with Crippen molar-refractivity contribution in [1.82, 2.24) is 18.8 Å². The maximum Gasteiger partial charge on any atom is 0.243 e. The molecule has 4 rings (SSSR count). The van der Waals surface area contributed by atoms with Gasteiger partial charge in [0.2, 0.25) is 21.8 Å². The van der Waals surface area contributed by atoms with Crippen LogP contribution in [0.15, 0.2) is 59.5 Å². The van der Waals surface area contributed by atoms with E-state index in [0.29, 0.717) is 47.3 Å². The quantitative estimate of drug-likeness (QED) is 0.580. The molecule has 0 atom stereocenters. The van der Waals surface area contributed by atoms with Crippen LogP contribution in [-0.2, 0) is 10.0 Å². The number of benzene rings is 2. The van der Waals surface area contributed by atoms with Crippen LogP contribution in [-0.4, -0.2) is 63.0 Å². The van der Waals surface area contributed by atoms with Crippen LogP contribution in [0.3, 0.4) is 0 Å². The van der Waals surface area contributed by atoms with E-state index in [0.717, 1.165) is 17.1 Å². The maximum atomic E-state index is 13.0. The largest absolute Gasteiger partial charge is 0.383 e. The molecule has 2 heterocycles. The molecule has 0 unspecified atom stereocenters. The van der Waals surface area contributed by atoms with Gasteiger partial charge >= 0.3 is 0 Å². The Morgan fingerprint density at radius 3 is 1.97 bits per heavy atom. The lowest BCUT2D eigenvalue weighted by molar-refractivity contribution is 0.382. The number of quaternary nitrogens is 1. The second-order valence-electron chi connectivity index (χ2n) is 8.94. The van der Waals surface area contributed by atoms with Crippen LogP contribution in [0.2, 0.25) is 0 Å². The molecular formula is C24H31N6O2S+. The lowest BCUT2D eigenvalue weighted by atomic mass is 10.2. The minimum absolute atomic E-state index is 0.321. The highest BCUT2D eigenvalue weighted by Crippen LogP contribution is 2.31. The lowest BCUT2D eigenvalue weighted by Gasteiger charge is -2.34. The third-order valence-electron chi connectivity index (χ3n) is 6.15. The van der Waals surface area contributed by atoms with Crippen molar-refractivity contribution in [3.8, 4) is 0 Å². The maximum absolute atomic E-state index is 13.0. The summed E-state index contributed by atoms with van der Waals surface area (Å²) in [5, 5.41) is 0. The minimum atomic E-state index is -3.53. The summed E-state index contributed by atoms with van der Waals surface area (Å²) in [6.45, 7) is 5.70. The highest BCUT2D eigenvalue weighted by molar-refractivity contribution is 7.89. The number of rotatable bonds is 5. The SMILES string of the molecule is Cc1ccc([N+](C)(C)c2cc(N)nc(N3CCN(S(=O)(=O)c4ccc(C)cc4)CC3)n2)cc1. The Bertz CT molecular complexity index is 1230. The molecule has 1 fully saturated rings. The van der Waals surface area contributed by atoms with E-state index in [1.807, 2.05) is 24.0 Å². The van der Waals surface area contributed by atoms with Gasteiger partial charge in [-0.1, -0.05) is 35.4 Å². The van der Waals surface area contributed by atoms with Crippen molar-refractivity contribution in [3.05, 3.63) is 65.7 Å². The minimum Gasteiger partial charge on any atom is -0.383 e. The van der Waals surface area contributed by atoms with E-state index in [2.05, 4.69) is 50.3 Å².